The first-order chi connectivity index (χ1) is 17.4. The van der Waals surface area contributed by atoms with Gasteiger partial charge in [-0.25, -0.2) is 14.2 Å². The molecule has 0 radical (unpaired) electrons. The summed E-state index contributed by atoms with van der Waals surface area (Å²) >= 11 is 0. The molecule has 188 valence electrons. The molecule has 1 aromatic heterocycles. The topological polar surface area (TPSA) is 61.8 Å². The molecule has 3 aliphatic rings. The van der Waals surface area contributed by atoms with E-state index in [-0.39, 0.29) is 30.1 Å². The number of piperazine rings is 1. The predicted octanol–water partition coefficient (Wildman–Crippen LogP) is 4.47. The molecule has 1 spiro atoms. The van der Waals surface area contributed by atoms with Crippen molar-refractivity contribution in [2.75, 3.05) is 31.1 Å². The van der Waals surface area contributed by atoms with E-state index < -0.39 is 0 Å². The highest BCUT2D eigenvalue weighted by Gasteiger charge is 2.54. The lowest BCUT2D eigenvalue weighted by molar-refractivity contribution is -0.137. The van der Waals surface area contributed by atoms with Crippen molar-refractivity contribution < 1.29 is 13.9 Å². The number of likely N-dealkylation sites (tertiary alicyclic amines) is 1. The highest BCUT2D eigenvalue weighted by atomic mass is 19.1. The molecule has 3 aromatic rings. The van der Waals surface area contributed by atoms with E-state index in [1.165, 1.54) is 17.7 Å². The normalized spacial score (nSPS) is 24.0. The third-order valence-corrected chi connectivity index (χ3v) is 7.96. The van der Waals surface area contributed by atoms with Crippen LogP contribution in [0.1, 0.15) is 32.3 Å². The molecule has 2 atom stereocenters. The number of benzene rings is 2. The maximum Gasteiger partial charge on any atom is 0.410 e. The van der Waals surface area contributed by atoms with Crippen LogP contribution in [0.3, 0.4) is 0 Å². The Kier molecular flexibility index (Phi) is 5.79. The van der Waals surface area contributed by atoms with Crippen LogP contribution in [0, 0.1) is 11.2 Å². The largest absolute Gasteiger partial charge is 0.446 e. The summed E-state index contributed by atoms with van der Waals surface area (Å²) in [5.74, 6) is 0.422. The maximum atomic E-state index is 13.5. The van der Waals surface area contributed by atoms with Crippen LogP contribution in [-0.2, 0) is 11.3 Å². The third-order valence-electron chi connectivity index (χ3n) is 7.96. The van der Waals surface area contributed by atoms with Gasteiger partial charge in [0.05, 0.1) is 17.2 Å². The van der Waals surface area contributed by atoms with E-state index in [1.807, 2.05) is 17.9 Å². The van der Waals surface area contributed by atoms with Gasteiger partial charge in [0.25, 0.3) is 0 Å². The number of carbonyl (C=O) groups is 1. The molecule has 2 aliphatic heterocycles. The van der Waals surface area contributed by atoms with Gasteiger partial charge < -0.3 is 14.5 Å². The number of hydrogen-bond acceptors (Lipinski definition) is 6. The summed E-state index contributed by atoms with van der Waals surface area (Å²) in [7, 11) is 0. The summed E-state index contributed by atoms with van der Waals surface area (Å²) < 4.78 is 19.4. The summed E-state index contributed by atoms with van der Waals surface area (Å²) in [5.41, 5.74) is 2.87. The van der Waals surface area contributed by atoms with E-state index in [2.05, 4.69) is 51.0 Å². The van der Waals surface area contributed by atoms with Crippen LogP contribution in [0.5, 0.6) is 0 Å². The smallest absolute Gasteiger partial charge is 0.410 e. The Hall–Kier alpha value is -3.26. The van der Waals surface area contributed by atoms with Gasteiger partial charge in [-0.1, -0.05) is 30.3 Å². The Bertz CT molecular complexity index is 1260. The van der Waals surface area contributed by atoms with Gasteiger partial charge in [0, 0.05) is 56.3 Å². The number of amides is 1. The van der Waals surface area contributed by atoms with E-state index in [4.69, 9.17) is 4.74 Å². The van der Waals surface area contributed by atoms with Gasteiger partial charge >= 0.3 is 6.09 Å². The number of aromatic nitrogens is 2. The van der Waals surface area contributed by atoms with E-state index in [0.717, 1.165) is 38.3 Å². The number of hydrogen-bond donors (Lipinski definition) is 0. The van der Waals surface area contributed by atoms with Crippen LogP contribution < -0.4 is 4.90 Å². The first-order valence-electron chi connectivity index (χ1n) is 12.8. The zero-order chi connectivity index (χ0) is 24.9. The summed E-state index contributed by atoms with van der Waals surface area (Å²) in [5, 5.41) is 0. The predicted molar refractivity (Wildman–Crippen MR) is 136 cm³/mol. The Morgan fingerprint density at radius 2 is 1.83 bits per heavy atom. The molecule has 36 heavy (non-hydrogen) atoms. The van der Waals surface area contributed by atoms with Crippen molar-refractivity contribution in [2.45, 2.75) is 51.4 Å². The first-order valence-corrected chi connectivity index (χ1v) is 12.8. The van der Waals surface area contributed by atoms with E-state index in [0.29, 0.717) is 29.5 Å². The fourth-order valence-electron chi connectivity index (χ4n) is 6.13. The second-order valence-corrected chi connectivity index (χ2v) is 10.9. The van der Waals surface area contributed by atoms with Gasteiger partial charge in [0.1, 0.15) is 17.7 Å². The highest BCUT2D eigenvalue weighted by molar-refractivity contribution is 5.75. The summed E-state index contributed by atoms with van der Waals surface area (Å²) in [6, 6.07) is 15.1. The number of halogens is 1. The lowest BCUT2D eigenvalue weighted by Gasteiger charge is -2.58. The molecule has 1 amide bonds. The number of anilines is 1. The number of nitrogens with zero attached hydrogens (tertiary/aromatic N) is 5. The van der Waals surface area contributed by atoms with E-state index in [1.54, 1.807) is 12.3 Å². The summed E-state index contributed by atoms with van der Waals surface area (Å²) in [4.78, 5) is 28.6. The van der Waals surface area contributed by atoms with E-state index >= 15 is 0 Å². The Labute approximate surface area is 210 Å². The van der Waals surface area contributed by atoms with Crippen LogP contribution in [0.15, 0.2) is 54.7 Å². The molecule has 0 N–H and O–H groups in total. The summed E-state index contributed by atoms with van der Waals surface area (Å²) in [6.07, 6.45) is 3.41. The Morgan fingerprint density at radius 1 is 1.06 bits per heavy atom. The maximum absolute atomic E-state index is 13.5. The van der Waals surface area contributed by atoms with Crippen molar-refractivity contribution in [1.82, 2.24) is 19.8 Å². The standard InChI is InChI=1S/C28H32FN5O2/c1-19-15-34(20(2)14-33(19)26-13-30-25-10-22(29)8-9-24(25)31-26)27(35)36-23-11-28(12-23)17-32(18-28)16-21-6-4-3-5-7-21/h3-10,13,19-20,23H,11-12,14-18H2,1-2H3/t19-,20+/m0/s1. The van der Waals surface area contributed by atoms with Crippen molar-refractivity contribution in [3.8, 4) is 0 Å². The first kappa shape index (κ1) is 23.2. The number of carbonyl (C=O) groups excluding carboxylic acids is 1. The fraction of sp³-hybridized carbons (Fsp3) is 0.464. The zero-order valence-corrected chi connectivity index (χ0v) is 20.8. The molecule has 3 heterocycles. The van der Waals surface area contributed by atoms with Crippen LogP contribution in [0.4, 0.5) is 15.0 Å². The average molecular weight is 490 g/mol. The number of fused-ring (bicyclic) bond motifs is 1. The molecular formula is C28H32FN5O2. The molecule has 1 aliphatic carbocycles. The minimum absolute atomic E-state index is 0.0153. The van der Waals surface area contributed by atoms with Crippen molar-refractivity contribution in [1.29, 1.82) is 0 Å². The third kappa shape index (κ3) is 4.39. The van der Waals surface area contributed by atoms with Gasteiger partial charge in [0.15, 0.2) is 0 Å². The van der Waals surface area contributed by atoms with Crippen LogP contribution >= 0.6 is 0 Å². The lowest BCUT2D eigenvalue weighted by atomic mass is 9.61. The number of ether oxygens (including phenoxy) is 1. The molecule has 0 bridgehead atoms. The van der Waals surface area contributed by atoms with E-state index in [9.17, 15) is 9.18 Å². The molecule has 7 nitrogen and oxygen atoms in total. The van der Waals surface area contributed by atoms with Gasteiger partial charge in [0.2, 0.25) is 0 Å². The quantitative estimate of drug-likeness (QED) is 0.539. The van der Waals surface area contributed by atoms with Crippen molar-refractivity contribution in [3.63, 3.8) is 0 Å². The second-order valence-electron chi connectivity index (χ2n) is 10.9. The molecule has 6 rings (SSSR count). The monoisotopic (exact) mass is 489 g/mol. The number of rotatable bonds is 4. The lowest BCUT2D eigenvalue weighted by Crippen LogP contribution is -2.64. The Morgan fingerprint density at radius 3 is 2.61 bits per heavy atom. The van der Waals surface area contributed by atoms with Crippen molar-refractivity contribution >= 4 is 22.9 Å². The molecule has 0 unspecified atom stereocenters. The average Bonchev–Trinajstić information content (AvgIpc) is 2.82. The van der Waals surface area contributed by atoms with Gasteiger partial charge in [-0.3, -0.25) is 9.88 Å². The Balaban J connectivity index is 1.01. The van der Waals surface area contributed by atoms with Gasteiger partial charge in [-0.2, -0.15) is 0 Å². The minimum Gasteiger partial charge on any atom is -0.446 e. The van der Waals surface area contributed by atoms with Gasteiger partial charge in [-0.05, 0) is 44.4 Å². The van der Waals surface area contributed by atoms with Crippen LogP contribution in [0.25, 0.3) is 11.0 Å². The van der Waals surface area contributed by atoms with Crippen molar-refractivity contribution in [3.05, 3.63) is 66.1 Å². The molecule has 2 aromatic carbocycles. The minimum atomic E-state index is -0.321. The van der Waals surface area contributed by atoms with Crippen LogP contribution in [0.2, 0.25) is 0 Å². The highest BCUT2D eigenvalue weighted by Crippen LogP contribution is 2.50. The fourth-order valence-corrected chi connectivity index (χ4v) is 6.13. The molecule has 2 saturated heterocycles. The van der Waals surface area contributed by atoms with Crippen molar-refractivity contribution in [2.24, 2.45) is 5.41 Å². The molecule has 8 heteroatoms. The molecule has 1 saturated carbocycles. The molecular weight excluding hydrogens is 457 g/mol. The molecule has 3 fully saturated rings. The zero-order valence-electron chi connectivity index (χ0n) is 20.8. The second kappa shape index (κ2) is 9.00. The SMILES string of the molecule is C[C@@H]1CN(c2cnc3cc(F)ccc3n2)[C@@H](C)CN1C(=O)OC1CC2(C1)CN(Cc1ccccc1)C2. The van der Waals surface area contributed by atoms with Gasteiger partial charge in [-0.15, -0.1) is 0 Å². The summed E-state index contributed by atoms with van der Waals surface area (Å²) in [6.45, 7) is 8.48. The van der Waals surface area contributed by atoms with Crippen LogP contribution in [-0.4, -0.2) is 70.2 Å².